The Labute approximate surface area is 219 Å². The molecule has 0 bridgehead atoms. The van der Waals surface area contributed by atoms with Crippen molar-refractivity contribution in [3.8, 4) is 11.3 Å². The van der Waals surface area contributed by atoms with Crippen molar-refractivity contribution < 1.29 is 28.2 Å². The Bertz CT molecular complexity index is 1580. The first-order chi connectivity index (χ1) is 18.3. The average Bonchev–Trinajstić information content (AvgIpc) is 3.60. The first-order valence-electron chi connectivity index (χ1n) is 11.5. The molecule has 0 radical (unpaired) electrons. The Morgan fingerprint density at radius 1 is 0.895 bits per heavy atom. The molecule has 3 aromatic carbocycles. The minimum atomic E-state index is -1.16. The van der Waals surface area contributed by atoms with E-state index in [0.29, 0.717) is 5.69 Å². The zero-order valence-corrected chi connectivity index (χ0v) is 20.1. The van der Waals surface area contributed by atoms with Gasteiger partial charge in [0.15, 0.2) is 6.10 Å². The monoisotopic (exact) mass is 533 g/mol. The smallest absolute Gasteiger partial charge is 0.281 e. The molecule has 2 aliphatic heterocycles. The fraction of sp³-hybridized carbons (Fsp3) is 0.111. The van der Waals surface area contributed by atoms with Crippen LogP contribution < -0.4 is 9.96 Å². The van der Waals surface area contributed by atoms with Gasteiger partial charge in [0.2, 0.25) is 5.91 Å². The van der Waals surface area contributed by atoms with Crippen LogP contribution in [0.25, 0.3) is 11.3 Å². The Kier molecular flexibility index (Phi) is 5.70. The topological polar surface area (TPSA) is 106 Å². The van der Waals surface area contributed by atoms with Gasteiger partial charge in [-0.1, -0.05) is 29.8 Å². The highest BCUT2D eigenvalue weighted by atomic mass is 35.5. The first kappa shape index (κ1) is 23.8. The molecule has 9 nitrogen and oxygen atoms in total. The fourth-order valence-corrected chi connectivity index (χ4v) is 5.03. The van der Waals surface area contributed by atoms with Crippen LogP contribution >= 0.6 is 11.6 Å². The van der Waals surface area contributed by atoms with E-state index in [-0.39, 0.29) is 33.5 Å². The number of carbonyl (C=O) groups is 2. The third kappa shape index (κ3) is 3.82. The lowest BCUT2D eigenvalue weighted by atomic mass is 9.94. The molecule has 38 heavy (non-hydrogen) atoms. The summed E-state index contributed by atoms with van der Waals surface area (Å²) in [5.74, 6) is -2.17. The van der Waals surface area contributed by atoms with E-state index in [1.54, 1.807) is 36.4 Å². The molecule has 2 fully saturated rings. The number of nitrogens with zero attached hydrogens (tertiary/aromatic N) is 3. The number of halogens is 2. The largest absolute Gasteiger partial charge is 0.458 e. The van der Waals surface area contributed by atoms with Gasteiger partial charge in [0, 0.05) is 11.1 Å². The molecular weight excluding hydrogens is 517 g/mol. The average molecular weight is 534 g/mol. The number of carbonyl (C=O) groups excluding carboxylic acids is 2. The van der Waals surface area contributed by atoms with Gasteiger partial charge in [-0.25, -0.2) is 14.4 Å². The normalized spacial score (nSPS) is 20.7. The number of nitro groups is 1. The van der Waals surface area contributed by atoms with Crippen molar-refractivity contribution in [2.24, 2.45) is 5.92 Å². The highest BCUT2D eigenvalue weighted by Gasteiger charge is 2.61. The number of hydrogen-bond donors (Lipinski definition) is 0. The van der Waals surface area contributed by atoms with E-state index in [1.807, 2.05) is 6.07 Å². The van der Waals surface area contributed by atoms with E-state index in [4.69, 9.17) is 20.9 Å². The summed E-state index contributed by atoms with van der Waals surface area (Å²) in [6.07, 6.45) is -1.16. The number of imide groups is 1. The molecular formula is C27H17ClFN3O6. The molecule has 0 aliphatic carbocycles. The molecule has 2 amide bonds. The number of rotatable bonds is 5. The first-order valence-corrected chi connectivity index (χ1v) is 11.9. The summed E-state index contributed by atoms with van der Waals surface area (Å²) in [6, 6.07) is 20.4. The van der Waals surface area contributed by atoms with Crippen molar-refractivity contribution >= 4 is 40.5 Å². The van der Waals surface area contributed by atoms with Crippen LogP contribution in [0.2, 0.25) is 5.02 Å². The standard InChI is InChI=1S/C27H17ClFN3O6/c28-15-6-11-19(20(14-15)32(35)36)21-12-13-22(37-21)24-23-25(38-31(24)18-4-2-1-3-5-18)27(34)30(26(23)33)17-9-7-16(29)8-10-17/h1-14,23-25H/t23-,24+,25+/m1/s1. The molecule has 190 valence electrons. The fourth-order valence-electron chi connectivity index (χ4n) is 4.87. The maximum atomic E-state index is 13.7. The number of fused-ring (bicyclic) bond motifs is 1. The van der Waals surface area contributed by atoms with Gasteiger partial charge in [-0.15, -0.1) is 0 Å². The van der Waals surface area contributed by atoms with Gasteiger partial charge in [-0.2, -0.15) is 0 Å². The van der Waals surface area contributed by atoms with E-state index in [9.17, 15) is 24.1 Å². The van der Waals surface area contributed by atoms with Gasteiger partial charge in [0.1, 0.15) is 29.3 Å². The zero-order valence-electron chi connectivity index (χ0n) is 19.4. The number of furan rings is 1. The van der Waals surface area contributed by atoms with E-state index in [2.05, 4.69) is 0 Å². The Balaban J connectivity index is 1.43. The molecule has 0 N–H and O–H groups in total. The highest BCUT2D eigenvalue weighted by Crippen LogP contribution is 2.48. The SMILES string of the molecule is O=C1[C@H]2[C@H](ON(c3ccccc3)[C@H]2c2ccc(-c3ccc(Cl)cc3[N+](=O)[O-])o2)C(=O)N1c1ccc(F)cc1. The Morgan fingerprint density at radius 3 is 2.34 bits per heavy atom. The lowest BCUT2D eigenvalue weighted by molar-refractivity contribution is -0.384. The molecule has 4 aromatic rings. The number of nitro benzene ring substituents is 1. The third-order valence-corrected chi connectivity index (χ3v) is 6.79. The predicted octanol–water partition coefficient (Wildman–Crippen LogP) is 5.70. The molecule has 0 saturated carbocycles. The van der Waals surface area contributed by atoms with Gasteiger partial charge >= 0.3 is 0 Å². The van der Waals surface area contributed by atoms with Crippen LogP contribution in [0.5, 0.6) is 0 Å². The second-order valence-electron chi connectivity index (χ2n) is 8.77. The van der Waals surface area contributed by atoms with E-state index >= 15 is 0 Å². The van der Waals surface area contributed by atoms with E-state index in [0.717, 1.165) is 17.0 Å². The lowest BCUT2D eigenvalue weighted by Crippen LogP contribution is -2.37. The van der Waals surface area contributed by atoms with Gasteiger partial charge in [0.05, 0.1) is 21.9 Å². The second kappa shape index (κ2) is 9.09. The van der Waals surface area contributed by atoms with Crippen molar-refractivity contribution in [2.45, 2.75) is 12.1 Å². The lowest BCUT2D eigenvalue weighted by Gasteiger charge is -2.27. The number of benzene rings is 3. The third-order valence-electron chi connectivity index (χ3n) is 6.55. The molecule has 3 atom stereocenters. The van der Waals surface area contributed by atoms with Gasteiger partial charge in [-0.05, 0) is 60.7 Å². The van der Waals surface area contributed by atoms with Crippen LogP contribution in [-0.2, 0) is 14.4 Å². The van der Waals surface area contributed by atoms with Crippen LogP contribution in [0.3, 0.4) is 0 Å². The summed E-state index contributed by atoms with van der Waals surface area (Å²) in [6.45, 7) is 0. The molecule has 3 heterocycles. The number of hydrogen-bond acceptors (Lipinski definition) is 7. The molecule has 0 spiro atoms. The van der Waals surface area contributed by atoms with Crippen LogP contribution in [0.15, 0.2) is 89.3 Å². The summed E-state index contributed by atoms with van der Waals surface area (Å²) in [7, 11) is 0. The summed E-state index contributed by atoms with van der Waals surface area (Å²) >= 11 is 5.95. The highest BCUT2D eigenvalue weighted by molar-refractivity contribution is 6.31. The Morgan fingerprint density at radius 2 is 1.63 bits per heavy atom. The van der Waals surface area contributed by atoms with Crippen LogP contribution in [0.1, 0.15) is 11.8 Å². The molecule has 6 rings (SSSR count). The Hall–Kier alpha value is -4.54. The van der Waals surface area contributed by atoms with Crippen molar-refractivity contribution in [3.05, 3.63) is 112 Å². The number of hydroxylamine groups is 1. The van der Waals surface area contributed by atoms with Gasteiger partial charge in [-0.3, -0.25) is 24.5 Å². The maximum absolute atomic E-state index is 13.7. The number of para-hydroxylation sites is 1. The van der Waals surface area contributed by atoms with Crippen molar-refractivity contribution in [1.82, 2.24) is 0 Å². The molecule has 0 unspecified atom stereocenters. The van der Waals surface area contributed by atoms with Gasteiger partial charge < -0.3 is 4.42 Å². The van der Waals surface area contributed by atoms with Gasteiger partial charge in [0.25, 0.3) is 11.6 Å². The minimum absolute atomic E-state index is 0.187. The van der Waals surface area contributed by atoms with Crippen LogP contribution in [0, 0.1) is 21.8 Å². The van der Waals surface area contributed by atoms with Crippen molar-refractivity contribution in [1.29, 1.82) is 0 Å². The molecule has 2 saturated heterocycles. The predicted molar refractivity (Wildman–Crippen MR) is 135 cm³/mol. The number of anilines is 2. The quantitative estimate of drug-likeness (QED) is 0.184. The van der Waals surface area contributed by atoms with Crippen LogP contribution in [-0.4, -0.2) is 22.8 Å². The summed E-state index contributed by atoms with van der Waals surface area (Å²) < 4.78 is 19.6. The van der Waals surface area contributed by atoms with Crippen molar-refractivity contribution in [3.63, 3.8) is 0 Å². The van der Waals surface area contributed by atoms with E-state index in [1.165, 1.54) is 35.4 Å². The summed E-state index contributed by atoms with van der Waals surface area (Å²) in [5, 5.41) is 13.3. The van der Waals surface area contributed by atoms with Crippen molar-refractivity contribution in [2.75, 3.05) is 9.96 Å². The second-order valence-corrected chi connectivity index (χ2v) is 9.20. The molecule has 11 heteroatoms. The number of amides is 2. The summed E-state index contributed by atoms with van der Waals surface area (Å²) in [5.41, 5.74) is 0.764. The van der Waals surface area contributed by atoms with Crippen LogP contribution in [0.4, 0.5) is 21.5 Å². The summed E-state index contributed by atoms with van der Waals surface area (Å²) in [4.78, 5) is 45.1. The minimum Gasteiger partial charge on any atom is -0.458 e. The zero-order chi connectivity index (χ0) is 26.6. The molecule has 2 aliphatic rings. The van der Waals surface area contributed by atoms with E-state index < -0.39 is 40.6 Å². The maximum Gasteiger partial charge on any atom is 0.281 e. The molecule has 1 aromatic heterocycles.